The molecule has 8 heteroatoms. The van der Waals surface area contributed by atoms with Crippen LogP contribution in [0.1, 0.15) is 56.2 Å². The molecule has 4 aromatic rings. The lowest BCUT2D eigenvalue weighted by Crippen LogP contribution is -2.56. The average Bonchev–Trinajstić information content (AvgIpc) is 2.97. The first-order valence-corrected chi connectivity index (χ1v) is 15.6. The van der Waals surface area contributed by atoms with Gasteiger partial charge in [0.1, 0.15) is 30.3 Å². The van der Waals surface area contributed by atoms with Crippen molar-refractivity contribution in [1.29, 1.82) is 0 Å². The molecule has 0 bridgehead atoms. The van der Waals surface area contributed by atoms with Gasteiger partial charge in [0, 0.05) is 36.8 Å². The third-order valence-corrected chi connectivity index (χ3v) is 8.28. The van der Waals surface area contributed by atoms with E-state index in [2.05, 4.69) is 15.2 Å². The van der Waals surface area contributed by atoms with Crippen molar-refractivity contribution in [3.8, 4) is 11.8 Å². The molecule has 0 atom stereocenters. The largest absolute Gasteiger partial charge is 0.473 e. The number of nitrogens with zero attached hydrogens (tertiary/aromatic N) is 2. The highest BCUT2D eigenvalue weighted by molar-refractivity contribution is 5.74. The number of carbonyl (C=O) groups is 1. The summed E-state index contributed by atoms with van der Waals surface area (Å²) in [4.78, 5) is 19.3. The maximum Gasteiger partial charge on any atom is 0.309 e. The first-order valence-electron chi connectivity index (χ1n) is 15.6. The molecule has 0 unspecified atom stereocenters. The van der Waals surface area contributed by atoms with Crippen molar-refractivity contribution in [3.05, 3.63) is 114 Å². The standard InChI is InChI=1S/C37H40FN3O4/c1-37(2,3)45-36(42)27-18-30(19-27)41-21-28(22-41)31-15-14-29(20-32(31)38)39-33-16-17-34(43-23-25-10-6-4-7-11-25)40-35(33)44-24-26-12-8-5-9-13-26/h4-17,20,27-28,30,39H,18-19,21-24H2,1-3H3/t27-,30+. The molecule has 45 heavy (non-hydrogen) atoms. The Balaban J connectivity index is 1.07. The number of halogens is 1. The Kier molecular flexibility index (Phi) is 9.03. The number of anilines is 2. The number of aromatic nitrogens is 1. The van der Waals surface area contributed by atoms with E-state index in [0.717, 1.165) is 37.1 Å². The van der Waals surface area contributed by atoms with Gasteiger partial charge in [-0.3, -0.25) is 9.69 Å². The minimum Gasteiger partial charge on any atom is -0.473 e. The lowest BCUT2D eigenvalue weighted by Gasteiger charge is -2.50. The van der Waals surface area contributed by atoms with Crippen LogP contribution in [0, 0.1) is 11.7 Å². The molecular formula is C37H40FN3O4. The van der Waals surface area contributed by atoms with Crippen LogP contribution in [0.5, 0.6) is 11.8 Å². The smallest absolute Gasteiger partial charge is 0.309 e. The summed E-state index contributed by atoms with van der Waals surface area (Å²) in [5, 5.41) is 3.29. The molecule has 7 nitrogen and oxygen atoms in total. The highest BCUT2D eigenvalue weighted by Gasteiger charge is 2.44. The van der Waals surface area contributed by atoms with Crippen molar-refractivity contribution in [2.45, 2.75) is 64.4 Å². The SMILES string of the molecule is CC(C)(C)OC(=O)[C@H]1C[C@@H](N2CC(c3ccc(Nc4ccc(OCc5ccccc5)nc4OCc4ccccc4)cc3F)C2)C1. The first kappa shape index (κ1) is 30.6. The molecule has 0 amide bonds. The molecule has 2 heterocycles. The minimum atomic E-state index is -0.462. The van der Waals surface area contributed by atoms with Crippen LogP contribution in [0.2, 0.25) is 0 Å². The molecule has 6 rings (SSSR count). The number of ether oxygens (including phenoxy) is 3. The number of pyridine rings is 1. The second-order valence-corrected chi connectivity index (χ2v) is 12.9. The molecule has 1 aromatic heterocycles. The number of hydrogen-bond donors (Lipinski definition) is 1. The zero-order valence-corrected chi connectivity index (χ0v) is 26.0. The molecule has 2 aliphatic rings. The molecule has 0 spiro atoms. The lowest BCUT2D eigenvalue weighted by atomic mass is 9.76. The van der Waals surface area contributed by atoms with Gasteiger partial charge in [-0.15, -0.1) is 0 Å². The maximum atomic E-state index is 15.4. The molecule has 1 N–H and O–H groups in total. The summed E-state index contributed by atoms with van der Waals surface area (Å²) in [6.07, 6.45) is 1.62. The Labute approximate surface area is 264 Å². The van der Waals surface area contributed by atoms with Crippen LogP contribution >= 0.6 is 0 Å². The number of nitrogens with one attached hydrogen (secondary N) is 1. The second kappa shape index (κ2) is 13.3. The Hall–Kier alpha value is -4.43. The summed E-state index contributed by atoms with van der Waals surface area (Å²) >= 11 is 0. The molecule has 1 aliphatic heterocycles. The summed E-state index contributed by atoms with van der Waals surface area (Å²) in [5.74, 6) is 0.555. The molecule has 1 aliphatic carbocycles. The first-order chi connectivity index (χ1) is 21.7. The fraction of sp³-hybridized carbons (Fsp3) is 0.351. The molecular weight excluding hydrogens is 569 g/mol. The van der Waals surface area contributed by atoms with E-state index in [1.807, 2.05) is 99.6 Å². The summed E-state index contributed by atoms with van der Waals surface area (Å²) in [5.41, 5.74) is 3.52. The van der Waals surface area contributed by atoms with Gasteiger partial charge in [-0.2, -0.15) is 4.98 Å². The minimum absolute atomic E-state index is 0.0316. The predicted octanol–water partition coefficient (Wildman–Crippen LogP) is 7.64. The Morgan fingerprint density at radius 1 is 0.889 bits per heavy atom. The van der Waals surface area contributed by atoms with Gasteiger partial charge in [0.15, 0.2) is 0 Å². The third kappa shape index (κ3) is 7.81. The highest BCUT2D eigenvalue weighted by atomic mass is 19.1. The van der Waals surface area contributed by atoms with Crippen LogP contribution in [0.4, 0.5) is 15.8 Å². The van der Waals surface area contributed by atoms with Crippen LogP contribution in [-0.2, 0) is 22.7 Å². The maximum absolute atomic E-state index is 15.4. The van der Waals surface area contributed by atoms with Crippen molar-refractivity contribution in [3.63, 3.8) is 0 Å². The van der Waals surface area contributed by atoms with Crippen molar-refractivity contribution in [1.82, 2.24) is 9.88 Å². The van der Waals surface area contributed by atoms with E-state index < -0.39 is 5.60 Å². The molecule has 3 aromatic carbocycles. The van der Waals surface area contributed by atoms with Crippen LogP contribution in [0.3, 0.4) is 0 Å². The zero-order valence-electron chi connectivity index (χ0n) is 26.0. The second-order valence-electron chi connectivity index (χ2n) is 12.9. The molecule has 0 radical (unpaired) electrons. The van der Waals surface area contributed by atoms with Crippen LogP contribution < -0.4 is 14.8 Å². The summed E-state index contributed by atoms with van der Waals surface area (Å²) < 4.78 is 33.0. The van der Waals surface area contributed by atoms with Gasteiger partial charge in [0.2, 0.25) is 11.8 Å². The van der Waals surface area contributed by atoms with Gasteiger partial charge in [-0.1, -0.05) is 66.7 Å². The fourth-order valence-corrected chi connectivity index (χ4v) is 5.73. The van der Waals surface area contributed by atoms with Crippen molar-refractivity contribution in [2.24, 2.45) is 5.92 Å². The van der Waals surface area contributed by atoms with Gasteiger partial charge in [-0.25, -0.2) is 4.39 Å². The number of carbonyl (C=O) groups excluding carboxylic acids is 1. The van der Waals surface area contributed by atoms with E-state index >= 15 is 4.39 Å². The van der Waals surface area contributed by atoms with Gasteiger partial charge in [0.25, 0.3) is 0 Å². The highest BCUT2D eigenvalue weighted by Crippen LogP contribution is 2.40. The normalized spacial score (nSPS) is 18.4. The Morgan fingerprint density at radius 3 is 2.16 bits per heavy atom. The number of rotatable bonds is 11. The van der Waals surface area contributed by atoms with Crippen LogP contribution in [0.25, 0.3) is 0 Å². The molecule has 1 saturated heterocycles. The number of benzene rings is 3. The van der Waals surface area contributed by atoms with E-state index in [1.54, 1.807) is 6.07 Å². The van der Waals surface area contributed by atoms with Gasteiger partial charge >= 0.3 is 5.97 Å². The van der Waals surface area contributed by atoms with Gasteiger partial charge < -0.3 is 19.5 Å². The van der Waals surface area contributed by atoms with Crippen molar-refractivity contribution < 1.29 is 23.4 Å². The van der Waals surface area contributed by atoms with E-state index in [4.69, 9.17) is 14.2 Å². The van der Waals surface area contributed by atoms with Gasteiger partial charge in [0.05, 0.1) is 5.92 Å². The monoisotopic (exact) mass is 609 g/mol. The van der Waals surface area contributed by atoms with Crippen LogP contribution in [-0.4, -0.2) is 40.6 Å². The Bertz CT molecular complexity index is 1600. The van der Waals surface area contributed by atoms with Crippen molar-refractivity contribution in [2.75, 3.05) is 18.4 Å². The zero-order chi connectivity index (χ0) is 31.4. The van der Waals surface area contributed by atoms with Crippen molar-refractivity contribution >= 4 is 17.3 Å². The summed E-state index contributed by atoms with van der Waals surface area (Å²) in [6, 6.07) is 29.0. The fourth-order valence-electron chi connectivity index (χ4n) is 5.73. The predicted molar refractivity (Wildman–Crippen MR) is 172 cm³/mol. The number of likely N-dealkylation sites (tertiary alicyclic amines) is 1. The molecule has 234 valence electrons. The number of hydrogen-bond acceptors (Lipinski definition) is 7. The summed E-state index contributed by atoms with van der Waals surface area (Å²) in [7, 11) is 0. The van der Waals surface area contributed by atoms with Crippen LogP contribution in [0.15, 0.2) is 91.0 Å². The van der Waals surface area contributed by atoms with E-state index in [1.165, 1.54) is 6.07 Å². The molecule has 1 saturated carbocycles. The topological polar surface area (TPSA) is 72.9 Å². The number of esters is 1. The quantitative estimate of drug-likeness (QED) is 0.175. The summed E-state index contributed by atoms with van der Waals surface area (Å²) in [6.45, 7) is 7.98. The third-order valence-electron chi connectivity index (χ3n) is 8.28. The van der Waals surface area contributed by atoms with Gasteiger partial charge in [-0.05, 0) is 68.5 Å². The Morgan fingerprint density at radius 2 is 1.53 bits per heavy atom. The van der Waals surface area contributed by atoms with E-state index in [0.29, 0.717) is 48.0 Å². The average molecular weight is 610 g/mol. The molecule has 2 fully saturated rings. The van der Waals surface area contributed by atoms with E-state index in [9.17, 15) is 4.79 Å². The van der Waals surface area contributed by atoms with E-state index in [-0.39, 0.29) is 23.6 Å². The lowest BCUT2D eigenvalue weighted by molar-refractivity contribution is -0.166.